The number of nitrogens with zero attached hydrogens (tertiary/aromatic N) is 1. The van der Waals surface area contributed by atoms with Crippen molar-refractivity contribution in [3.05, 3.63) is 0 Å². The predicted octanol–water partition coefficient (Wildman–Crippen LogP) is 0.679. The molecule has 0 aliphatic carbocycles. The van der Waals surface area contributed by atoms with Crippen molar-refractivity contribution >= 4 is 24.4 Å². The van der Waals surface area contributed by atoms with Gasteiger partial charge in [-0.25, -0.2) is 0 Å². The van der Waals surface area contributed by atoms with E-state index in [9.17, 15) is 9.59 Å². The Hall–Kier alpha value is -0.710. The van der Waals surface area contributed by atoms with Crippen molar-refractivity contribution in [2.24, 2.45) is 5.92 Å². The highest BCUT2D eigenvalue weighted by Gasteiger charge is 2.27. The van der Waals surface area contributed by atoms with Crippen LogP contribution < -0.4 is 5.32 Å². The summed E-state index contributed by atoms with van der Waals surface area (Å²) in [6.07, 6.45) is 2.22. The van der Waals surface area contributed by atoms with Crippen molar-refractivity contribution in [2.75, 3.05) is 18.8 Å². The summed E-state index contributed by atoms with van der Waals surface area (Å²) in [6.45, 7) is 5.16. The first kappa shape index (κ1) is 13.4. The second-order valence-corrected chi connectivity index (χ2v) is 4.83. The summed E-state index contributed by atoms with van der Waals surface area (Å²) in [5.41, 5.74) is 0. The van der Waals surface area contributed by atoms with Crippen LogP contribution in [0.15, 0.2) is 0 Å². The average molecular weight is 244 g/mol. The van der Waals surface area contributed by atoms with Crippen LogP contribution in [-0.4, -0.2) is 41.6 Å². The Morgan fingerprint density at radius 3 is 2.75 bits per heavy atom. The summed E-state index contributed by atoms with van der Waals surface area (Å²) in [5.74, 6) is 0.716. The minimum Gasteiger partial charge on any atom is -0.344 e. The third kappa shape index (κ3) is 3.70. The molecular weight excluding hydrogens is 224 g/mol. The van der Waals surface area contributed by atoms with Gasteiger partial charge in [0.25, 0.3) is 0 Å². The molecule has 16 heavy (non-hydrogen) atoms. The standard InChI is InChI=1S/C11H20N2O2S/c1-8-4-3-5-13(6-8)11(15)10(7-16)12-9(2)14/h8,10,16H,3-7H2,1-2H3,(H,12,14). The van der Waals surface area contributed by atoms with Crippen LogP contribution in [0.3, 0.4) is 0 Å². The van der Waals surface area contributed by atoms with Gasteiger partial charge in [-0.3, -0.25) is 9.59 Å². The Labute approximate surface area is 102 Å². The molecule has 0 aromatic carbocycles. The highest BCUT2D eigenvalue weighted by molar-refractivity contribution is 7.80. The van der Waals surface area contributed by atoms with Gasteiger partial charge in [0.1, 0.15) is 6.04 Å². The maximum absolute atomic E-state index is 12.1. The van der Waals surface area contributed by atoms with Crippen molar-refractivity contribution in [2.45, 2.75) is 32.7 Å². The first-order chi connectivity index (χ1) is 7.54. The maximum Gasteiger partial charge on any atom is 0.246 e. The fourth-order valence-corrected chi connectivity index (χ4v) is 2.29. The molecule has 0 aromatic rings. The van der Waals surface area contributed by atoms with Crippen LogP contribution in [0.1, 0.15) is 26.7 Å². The number of likely N-dealkylation sites (tertiary alicyclic amines) is 1. The zero-order valence-corrected chi connectivity index (χ0v) is 10.8. The number of hydrogen-bond donors (Lipinski definition) is 2. The van der Waals surface area contributed by atoms with Crippen molar-refractivity contribution in [1.29, 1.82) is 0 Å². The third-order valence-electron chi connectivity index (χ3n) is 2.83. The SMILES string of the molecule is CC(=O)NC(CS)C(=O)N1CCCC(C)C1. The zero-order valence-electron chi connectivity index (χ0n) is 9.90. The molecular formula is C11H20N2O2S. The molecule has 0 radical (unpaired) electrons. The van der Waals surface area contributed by atoms with Gasteiger partial charge in [-0.1, -0.05) is 6.92 Å². The molecule has 1 fully saturated rings. The van der Waals surface area contributed by atoms with E-state index in [1.54, 1.807) is 0 Å². The Balaban J connectivity index is 2.56. The van der Waals surface area contributed by atoms with Gasteiger partial charge in [-0.05, 0) is 18.8 Å². The van der Waals surface area contributed by atoms with Crippen LogP contribution >= 0.6 is 12.6 Å². The Morgan fingerprint density at radius 1 is 1.56 bits per heavy atom. The molecule has 2 amide bonds. The quantitative estimate of drug-likeness (QED) is 0.717. The highest BCUT2D eigenvalue weighted by atomic mass is 32.1. The van der Waals surface area contributed by atoms with E-state index < -0.39 is 6.04 Å². The Kier molecular flexibility index (Phi) is 5.12. The molecule has 1 rings (SSSR count). The molecule has 1 saturated heterocycles. The minimum atomic E-state index is -0.480. The van der Waals surface area contributed by atoms with Crippen molar-refractivity contribution < 1.29 is 9.59 Å². The van der Waals surface area contributed by atoms with Gasteiger partial charge < -0.3 is 10.2 Å². The topological polar surface area (TPSA) is 49.4 Å². The van der Waals surface area contributed by atoms with Crippen molar-refractivity contribution in [1.82, 2.24) is 10.2 Å². The largest absolute Gasteiger partial charge is 0.344 e. The van der Waals surface area contributed by atoms with Gasteiger partial charge in [0.05, 0.1) is 0 Å². The number of amides is 2. The second-order valence-electron chi connectivity index (χ2n) is 4.47. The smallest absolute Gasteiger partial charge is 0.246 e. The Morgan fingerprint density at radius 2 is 2.25 bits per heavy atom. The molecule has 2 unspecified atom stereocenters. The summed E-state index contributed by atoms with van der Waals surface area (Å²) < 4.78 is 0. The summed E-state index contributed by atoms with van der Waals surface area (Å²) in [5, 5.41) is 2.63. The molecule has 0 aromatic heterocycles. The number of carbonyl (C=O) groups excluding carboxylic acids is 2. The summed E-state index contributed by atoms with van der Waals surface area (Å²) >= 11 is 4.11. The van der Waals surface area contributed by atoms with Crippen LogP contribution in [0.4, 0.5) is 0 Å². The molecule has 1 heterocycles. The summed E-state index contributed by atoms with van der Waals surface area (Å²) in [4.78, 5) is 24.9. The third-order valence-corrected chi connectivity index (χ3v) is 3.19. The first-order valence-corrected chi connectivity index (χ1v) is 6.34. The normalized spacial score (nSPS) is 22.7. The van der Waals surface area contributed by atoms with Crippen LogP contribution in [0.25, 0.3) is 0 Å². The van der Waals surface area contributed by atoms with E-state index in [-0.39, 0.29) is 11.8 Å². The van der Waals surface area contributed by atoms with Gasteiger partial charge in [0.2, 0.25) is 11.8 Å². The van der Waals surface area contributed by atoms with Crippen LogP contribution in [0, 0.1) is 5.92 Å². The van der Waals surface area contributed by atoms with Crippen molar-refractivity contribution in [3.63, 3.8) is 0 Å². The lowest BCUT2D eigenvalue weighted by Crippen LogP contribution is -2.51. The molecule has 5 heteroatoms. The lowest BCUT2D eigenvalue weighted by atomic mass is 10.00. The number of rotatable bonds is 3. The average Bonchev–Trinajstić information content (AvgIpc) is 2.24. The lowest BCUT2D eigenvalue weighted by Gasteiger charge is -2.33. The number of hydrogen-bond acceptors (Lipinski definition) is 3. The lowest BCUT2D eigenvalue weighted by molar-refractivity contribution is -0.136. The molecule has 1 aliphatic rings. The van der Waals surface area contributed by atoms with Crippen molar-refractivity contribution in [3.8, 4) is 0 Å². The monoisotopic (exact) mass is 244 g/mol. The molecule has 0 saturated carbocycles. The van der Waals surface area contributed by atoms with Gasteiger partial charge in [-0.15, -0.1) is 0 Å². The maximum atomic E-state index is 12.1. The molecule has 1 aliphatic heterocycles. The molecule has 92 valence electrons. The van der Waals surface area contributed by atoms with E-state index in [0.29, 0.717) is 11.7 Å². The van der Waals surface area contributed by atoms with E-state index in [1.165, 1.54) is 13.3 Å². The molecule has 0 spiro atoms. The number of carbonyl (C=O) groups is 2. The van der Waals surface area contributed by atoms with E-state index in [2.05, 4.69) is 24.9 Å². The van der Waals surface area contributed by atoms with E-state index in [0.717, 1.165) is 19.5 Å². The fraction of sp³-hybridized carbons (Fsp3) is 0.818. The molecule has 0 bridgehead atoms. The van der Waals surface area contributed by atoms with Gasteiger partial charge in [-0.2, -0.15) is 12.6 Å². The minimum absolute atomic E-state index is 0.00301. The zero-order chi connectivity index (χ0) is 12.1. The molecule has 4 nitrogen and oxygen atoms in total. The summed E-state index contributed by atoms with van der Waals surface area (Å²) in [6, 6.07) is -0.480. The highest BCUT2D eigenvalue weighted by Crippen LogP contribution is 2.16. The van der Waals surface area contributed by atoms with E-state index in [1.807, 2.05) is 4.90 Å². The van der Waals surface area contributed by atoms with Crippen LogP contribution in [0.2, 0.25) is 0 Å². The molecule has 2 atom stereocenters. The number of piperidine rings is 1. The summed E-state index contributed by atoms with van der Waals surface area (Å²) in [7, 11) is 0. The fourth-order valence-electron chi connectivity index (χ4n) is 2.04. The van der Waals surface area contributed by atoms with Gasteiger partial charge >= 0.3 is 0 Å². The predicted molar refractivity (Wildman–Crippen MR) is 66.4 cm³/mol. The second kappa shape index (κ2) is 6.13. The number of thiol groups is 1. The first-order valence-electron chi connectivity index (χ1n) is 5.71. The van der Waals surface area contributed by atoms with Crippen LogP contribution in [-0.2, 0) is 9.59 Å². The number of nitrogens with one attached hydrogen (secondary N) is 1. The molecule has 1 N–H and O–H groups in total. The van der Waals surface area contributed by atoms with E-state index in [4.69, 9.17) is 0 Å². The van der Waals surface area contributed by atoms with Crippen LogP contribution in [0.5, 0.6) is 0 Å². The van der Waals surface area contributed by atoms with E-state index >= 15 is 0 Å². The Bertz CT molecular complexity index is 271. The van der Waals surface area contributed by atoms with Gasteiger partial charge in [0, 0.05) is 25.8 Å². The van der Waals surface area contributed by atoms with Gasteiger partial charge in [0.15, 0.2) is 0 Å².